The SMILES string of the molecule is CC(=O)Oc1ccc(C2/C(=C(\O)c3ccc(C)c(C)c3)C(=O)C(=O)N2c2ccc(C)c(C)c2)cc1. The number of ether oxygens (including phenoxy) is 1. The molecule has 1 unspecified atom stereocenters. The molecule has 1 heterocycles. The van der Waals surface area contributed by atoms with E-state index in [1.807, 2.05) is 45.9 Å². The van der Waals surface area contributed by atoms with E-state index < -0.39 is 23.7 Å². The van der Waals surface area contributed by atoms with Crippen molar-refractivity contribution in [1.29, 1.82) is 0 Å². The summed E-state index contributed by atoms with van der Waals surface area (Å²) in [5, 5.41) is 11.3. The van der Waals surface area contributed by atoms with Gasteiger partial charge in [0.25, 0.3) is 11.7 Å². The van der Waals surface area contributed by atoms with Crippen molar-refractivity contribution in [3.05, 3.63) is 99.6 Å². The molecule has 1 aliphatic rings. The molecule has 0 bridgehead atoms. The Hall–Kier alpha value is -4.19. The van der Waals surface area contributed by atoms with Gasteiger partial charge in [-0.05, 0) is 85.8 Å². The van der Waals surface area contributed by atoms with Gasteiger partial charge < -0.3 is 9.84 Å². The summed E-state index contributed by atoms with van der Waals surface area (Å²) < 4.78 is 5.13. The summed E-state index contributed by atoms with van der Waals surface area (Å²) in [6.07, 6.45) is 0. The second kappa shape index (κ2) is 9.22. The minimum atomic E-state index is -0.856. The van der Waals surface area contributed by atoms with Gasteiger partial charge in [0, 0.05) is 18.2 Å². The third-order valence-electron chi connectivity index (χ3n) is 6.45. The molecule has 1 fully saturated rings. The first-order valence-corrected chi connectivity index (χ1v) is 11.3. The van der Waals surface area contributed by atoms with Crippen LogP contribution in [0.1, 0.15) is 46.3 Å². The van der Waals surface area contributed by atoms with Gasteiger partial charge in [0.05, 0.1) is 11.6 Å². The lowest BCUT2D eigenvalue weighted by Crippen LogP contribution is -2.29. The van der Waals surface area contributed by atoms with Crippen molar-refractivity contribution in [3.8, 4) is 5.75 Å². The van der Waals surface area contributed by atoms with E-state index in [4.69, 9.17) is 4.74 Å². The highest BCUT2D eigenvalue weighted by molar-refractivity contribution is 6.51. The van der Waals surface area contributed by atoms with Crippen molar-refractivity contribution >= 4 is 29.1 Å². The molecule has 1 amide bonds. The Bertz CT molecular complexity index is 1380. The number of esters is 1. The molecule has 1 aliphatic heterocycles. The maximum absolute atomic E-state index is 13.3. The van der Waals surface area contributed by atoms with Crippen LogP contribution < -0.4 is 9.64 Å². The number of nitrogens with zero attached hydrogens (tertiary/aromatic N) is 1. The molecule has 0 aliphatic carbocycles. The first kappa shape index (κ1) is 24.0. The van der Waals surface area contributed by atoms with Gasteiger partial charge in [-0.2, -0.15) is 0 Å². The summed E-state index contributed by atoms with van der Waals surface area (Å²) in [5.74, 6) is -1.81. The van der Waals surface area contributed by atoms with E-state index in [1.54, 1.807) is 42.5 Å². The van der Waals surface area contributed by atoms with E-state index in [0.717, 1.165) is 22.3 Å². The van der Waals surface area contributed by atoms with Crippen LogP contribution in [-0.4, -0.2) is 22.8 Å². The van der Waals surface area contributed by atoms with Crippen molar-refractivity contribution in [2.75, 3.05) is 4.90 Å². The van der Waals surface area contributed by atoms with Gasteiger partial charge in [-0.1, -0.05) is 30.3 Å². The Labute approximate surface area is 204 Å². The largest absolute Gasteiger partial charge is 0.507 e. The summed E-state index contributed by atoms with van der Waals surface area (Å²) >= 11 is 0. The van der Waals surface area contributed by atoms with E-state index in [1.165, 1.54) is 11.8 Å². The zero-order chi connectivity index (χ0) is 25.4. The number of rotatable bonds is 4. The van der Waals surface area contributed by atoms with Crippen LogP contribution in [0, 0.1) is 27.7 Å². The van der Waals surface area contributed by atoms with Gasteiger partial charge in [-0.25, -0.2) is 0 Å². The first-order valence-electron chi connectivity index (χ1n) is 11.3. The number of aliphatic hydroxyl groups is 1. The molecule has 3 aromatic carbocycles. The van der Waals surface area contributed by atoms with Gasteiger partial charge in [0.2, 0.25) is 0 Å². The average molecular weight is 470 g/mol. The molecule has 0 aromatic heterocycles. The molecule has 0 radical (unpaired) electrons. The van der Waals surface area contributed by atoms with E-state index >= 15 is 0 Å². The summed E-state index contributed by atoms with van der Waals surface area (Å²) in [6, 6.07) is 16.7. The molecular formula is C29H27NO5. The normalized spacial score (nSPS) is 17.1. The molecule has 35 heavy (non-hydrogen) atoms. The molecule has 6 heteroatoms. The lowest BCUT2D eigenvalue weighted by Gasteiger charge is -2.26. The highest BCUT2D eigenvalue weighted by Crippen LogP contribution is 2.43. The van der Waals surface area contributed by atoms with Crippen molar-refractivity contribution in [1.82, 2.24) is 0 Å². The molecule has 1 N–H and O–H groups in total. The van der Waals surface area contributed by atoms with Gasteiger partial charge in [-0.15, -0.1) is 0 Å². The highest BCUT2D eigenvalue weighted by Gasteiger charge is 2.47. The molecule has 0 spiro atoms. The number of aryl methyl sites for hydroxylation is 4. The molecule has 3 aromatic rings. The van der Waals surface area contributed by atoms with Crippen LogP contribution in [0.2, 0.25) is 0 Å². The van der Waals surface area contributed by atoms with Crippen molar-refractivity contribution in [3.63, 3.8) is 0 Å². The molecule has 0 saturated carbocycles. The third kappa shape index (κ3) is 4.47. The van der Waals surface area contributed by atoms with Crippen LogP contribution in [0.5, 0.6) is 5.75 Å². The zero-order valence-corrected chi connectivity index (χ0v) is 20.4. The summed E-state index contributed by atoms with van der Waals surface area (Å²) in [7, 11) is 0. The van der Waals surface area contributed by atoms with Crippen LogP contribution in [0.4, 0.5) is 5.69 Å². The van der Waals surface area contributed by atoms with Crippen molar-refractivity contribution in [2.45, 2.75) is 40.7 Å². The van der Waals surface area contributed by atoms with E-state index in [9.17, 15) is 19.5 Å². The summed E-state index contributed by atoms with van der Waals surface area (Å²) in [4.78, 5) is 39.4. The number of anilines is 1. The fraction of sp³-hybridized carbons (Fsp3) is 0.207. The van der Waals surface area contributed by atoms with E-state index in [2.05, 4.69) is 0 Å². The van der Waals surface area contributed by atoms with Gasteiger partial charge in [-0.3, -0.25) is 19.3 Å². The maximum Gasteiger partial charge on any atom is 0.308 e. The number of amides is 1. The Morgan fingerprint density at radius 2 is 1.43 bits per heavy atom. The van der Waals surface area contributed by atoms with Crippen LogP contribution in [0.25, 0.3) is 5.76 Å². The third-order valence-corrected chi connectivity index (χ3v) is 6.45. The number of Topliss-reactive ketones (excluding diaryl/α,β-unsaturated/α-hetero) is 1. The lowest BCUT2D eigenvalue weighted by atomic mass is 9.94. The van der Waals surface area contributed by atoms with Crippen LogP contribution in [0.3, 0.4) is 0 Å². The fourth-order valence-electron chi connectivity index (χ4n) is 4.22. The fourth-order valence-corrected chi connectivity index (χ4v) is 4.22. The topological polar surface area (TPSA) is 83.9 Å². The highest BCUT2D eigenvalue weighted by atomic mass is 16.5. The van der Waals surface area contributed by atoms with Crippen LogP contribution >= 0.6 is 0 Å². The standard InChI is InChI=1S/C29H27NO5/c1-16-6-8-22(14-18(16)3)27(32)25-26(21-9-12-24(13-10-21)35-20(5)31)30(29(34)28(25)33)23-11-7-17(2)19(4)15-23/h6-15,26,32H,1-5H3/b27-25+. The number of benzene rings is 3. The Morgan fingerprint density at radius 3 is 2.00 bits per heavy atom. The number of ketones is 1. The minimum absolute atomic E-state index is 0.0108. The first-order chi connectivity index (χ1) is 16.6. The number of hydrogen-bond donors (Lipinski definition) is 1. The minimum Gasteiger partial charge on any atom is -0.507 e. The molecule has 1 saturated heterocycles. The molecule has 178 valence electrons. The predicted octanol–water partition coefficient (Wildman–Crippen LogP) is 5.47. The van der Waals surface area contributed by atoms with Crippen LogP contribution in [0.15, 0.2) is 66.2 Å². The second-order valence-electron chi connectivity index (χ2n) is 8.90. The second-order valence-corrected chi connectivity index (χ2v) is 8.90. The van der Waals surface area contributed by atoms with Gasteiger partial charge in [0.15, 0.2) is 0 Å². The molecule has 4 rings (SSSR count). The zero-order valence-electron chi connectivity index (χ0n) is 20.4. The maximum atomic E-state index is 13.3. The van der Waals surface area contributed by atoms with Gasteiger partial charge in [0.1, 0.15) is 11.5 Å². The smallest absolute Gasteiger partial charge is 0.308 e. The predicted molar refractivity (Wildman–Crippen MR) is 134 cm³/mol. The summed E-state index contributed by atoms with van der Waals surface area (Å²) in [5.41, 5.74) is 5.68. The van der Waals surface area contributed by atoms with E-state index in [0.29, 0.717) is 22.6 Å². The number of carbonyl (C=O) groups is 3. The van der Waals surface area contributed by atoms with E-state index in [-0.39, 0.29) is 11.3 Å². The number of aliphatic hydroxyl groups excluding tert-OH is 1. The lowest BCUT2D eigenvalue weighted by molar-refractivity contribution is -0.132. The number of carbonyl (C=O) groups excluding carboxylic acids is 3. The number of hydrogen-bond acceptors (Lipinski definition) is 5. The quantitative estimate of drug-likeness (QED) is 0.180. The Kier molecular flexibility index (Phi) is 6.31. The average Bonchev–Trinajstić information content (AvgIpc) is 3.07. The molecule has 6 nitrogen and oxygen atoms in total. The summed E-state index contributed by atoms with van der Waals surface area (Å²) in [6.45, 7) is 9.10. The molecule has 1 atom stereocenters. The van der Waals surface area contributed by atoms with Crippen molar-refractivity contribution in [2.24, 2.45) is 0 Å². The monoisotopic (exact) mass is 469 g/mol. The Balaban J connectivity index is 1.92. The van der Waals surface area contributed by atoms with Gasteiger partial charge >= 0.3 is 5.97 Å². The molecular weight excluding hydrogens is 442 g/mol. The van der Waals surface area contributed by atoms with Crippen molar-refractivity contribution < 1.29 is 24.2 Å². The van der Waals surface area contributed by atoms with Crippen LogP contribution in [-0.2, 0) is 14.4 Å². The Morgan fingerprint density at radius 1 is 0.829 bits per heavy atom.